The van der Waals surface area contributed by atoms with Crippen LogP contribution in [-0.2, 0) is 0 Å². The van der Waals surface area contributed by atoms with Crippen LogP contribution in [0, 0.1) is 28.6 Å². The lowest BCUT2D eigenvalue weighted by atomic mass is 9.66. The Labute approximate surface area is 94.1 Å². The van der Waals surface area contributed by atoms with Gasteiger partial charge < -0.3 is 0 Å². The summed E-state index contributed by atoms with van der Waals surface area (Å²) in [4.78, 5) is 0. The van der Waals surface area contributed by atoms with Crippen LogP contribution in [0.25, 0.3) is 0 Å². The third-order valence-electron chi connectivity index (χ3n) is 6.10. The summed E-state index contributed by atoms with van der Waals surface area (Å²) < 4.78 is 0. The molecule has 3 aliphatic carbocycles. The minimum Gasteiger partial charge on any atom is -0.0847 e. The van der Waals surface area contributed by atoms with E-state index in [1.165, 1.54) is 25.7 Å². The van der Waals surface area contributed by atoms with Gasteiger partial charge in [-0.25, -0.2) is 0 Å². The molecular formula is C15H24. The molecule has 0 heteroatoms. The van der Waals surface area contributed by atoms with Crippen molar-refractivity contribution in [2.45, 2.75) is 53.4 Å². The Balaban J connectivity index is 2.08. The molecule has 3 rings (SSSR count). The monoisotopic (exact) mass is 204 g/mol. The summed E-state index contributed by atoms with van der Waals surface area (Å²) in [6.45, 7) is 9.93. The van der Waals surface area contributed by atoms with Gasteiger partial charge in [-0.2, -0.15) is 0 Å². The molecular weight excluding hydrogens is 180 g/mol. The Bertz CT molecular complexity index is 323. The third kappa shape index (κ3) is 0.990. The van der Waals surface area contributed by atoms with Gasteiger partial charge in [0.1, 0.15) is 0 Å². The minimum absolute atomic E-state index is 0.602. The lowest BCUT2D eigenvalue weighted by molar-refractivity contribution is 0.114. The maximum absolute atomic E-state index is 2.55. The lowest BCUT2D eigenvalue weighted by Gasteiger charge is -2.37. The van der Waals surface area contributed by atoms with Gasteiger partial charge in [-0.15, -0.1) is 0 Å². The summed E-state index contributed by atoms with van der Waals surface area (Å²) >= 11 is 0. The fourth-order valence-corrected chi connectivity index (χ4v) is 5.41. The standard InChI is InChI=1S/C15H24/c1-10-7-8-15-11(2)5-6-13(15)14(3,4)9-12(10)15/h7,11-13H,5-6,8-9H2,1-4H3/t11-,12+,13-,15+/m0/s1. The Morgan fingerprint density at radius 2 is 2.00 bits per heavy atom. The van der Waals surface area contributed by atoms with Gasteiger partial charge in [0.15, 0.2) is 0 Å². The first-order chi connectivity index (χ1) is 6.98. The van der Waals surface area contributed by atoms with Gasteiger partial charge in [0.25, 0.3) is 0 Å². The van der Waals surface area contributed by atoms with Gasteiger partial charge in [0.05, 0.1) is 0 Å². The van der Waals surface area contributed by atoms with Gasteiger partial charge >= 0.3 is 0 Å². The number of hydrogen-bond donors (Lipinski definition) is 0. The molecule has 0 radical (unpaired) electrons. The normalized spacial score (nSPS) is 51.5. The first-order valence-corrected chi connectivity index (χ1v) is 6.65. The molecule has 0 amide bonds. The second-order valence-electron chi connectivity index (χ2n) is 7.04. The maximum atomic E-state index is 2.55. The zero-order valence-electron chi connectivity index (χ0n) is 10.6. The summed E-state index contributed by atoms with van der Waals surface area (Å²) in [6.07, 6.45) is 8.36. The van der Waals surface area contributed by atoms with Crippen LogP contribution in [0.2, 0.25) is 0 Å². The molecule has 0 aromatic carbocycles. The van der Waals surface area contributed by atoms with E-state index in [1.54, 1.807) is 5.57 Å². The summed E-state index contributed by atoms with van der Waals surface area (Å²) in [5, 5.41) is 0. The molecule has 0 unspecified atom stereocenters. The lowest BCUT2D eigenvalue weighted by Crippen LogP contribution is -2.32. The van der Waals surface area contributed by atoms with Crippen molar-refractivity contribution in [3.63, 3.8) is 0 Å². The predicted octanol–water partition coefficient (Wildman–Crippen LogP) is 4.42. The molecule has 2 saturated carbocycles. The van der Waals surface area contributed by atoms with Crippen molar-refractivity contribution in [2.75, 3.05) is 0 Å². The average Bonchev–Trinajstić information content (AvgIpc) is 2.70. The van der Waals surface area contributed by atoms with E-state index in [0.29, 0.717) is 10.8 Å². The van der Waals surface area contributed by atoms with E-state index in [-0.39, 0.29) is 0 Å². The molecule has 0 saturated heterocycles. The highest BCUT2D eigenvalue weighted by atomic mass is 14.7. The van der Waals surface area contributed by atoms with E-state index in [0.717, 1.165) is 17.8 Å². The minimum atomic E-state index is 0.602. The summed E-state index contributed by atoms with van der Waals surface area (Å²) in [7, 11) is 0. The van der Waals surface area contributed by atoms with E-state index in [4.69, 9.17) is 0 Å². The first kappa shape index (κ1) is 9.93. The number of rotatable bonds is 0. The molecule has 0 nitrogen and oxygen atoms in total. The fourth-order valence-electron chi connectivity index (χ4n) is 5.41. The van der Waals surface area contributed by atoms with Gasteiger partial charge in [0, 0.05) is 0 Å². The smallest absolute Gasteiger partial charge is 0.0136 e. The summed E-state index contributed by atoms with van der Waals surface area (Å²) in [5.41, 5.74) is 3.00. The summed E-state index contributed by atoms with van der Waals surface area (Å²) in [6, 6.07) is 0. The highest BCUT2D eigenvalue weighted by Crippen LogP contribution is 2.71. The fraction of sp³-hybridized carbons (Fsp3) is 0.867. The second kappa shape index (κ2) is 2.70. The summed E-state index contributed by atoms with van der Waals surface area (Å²) in [5.74, 6) is 2.89. The Morgan fingerprint density at radius 3 is 2.73 bits per heavy atom. The van der Waals surface area contributed by atoms with Crippen LogP contribution >= 0.6 is 0 Å². The van der Waals surface area contributed by atoms with E-state index in [1.807, 2.05) is 0 Å². The Kier molecular flexibility index (Phi) is 1.79. The van der Waals surface area contributed by atoms with E-state index in [2.05, 4.69) is 33.8 Å². The van der Waals surface area contributed by atoms with Crippen molar-refractivity contribution in [2.24, 2.45) is 28.6 Å². The first-order valence-electron chi connectivity index (χ1n) is 6.65. The van der Waals surface area contributed by atoms with Crippen molar-refractivity contribution in [1.29, 1.82) is 0 Å². The van der Waals surface area contributed by atoms with Crippen LogP contribution in [0.5, 0.6) is 0 Å². The largest absolute Gasteiger partial charge is 0.0847 e. The van der Waals surface area contributed by atoms with Gasteiger partial charge in [-0.3, -0.25) is 0 Å². The van der Waals surface area contributed by atoms with Crippen molar-refractivity contribution in [3.8, 4) is 0 Å². The Hall–Kier alpha value is -0.260. The molecule has 0 aromatic rings. The highest BCUT2D eigenvalue weighted by Gasteiger charge is 2.64. The molecule has 0 aliphatic heterocycles. The average molecular weight is 204 g/mol. The molecule has 3 aliphatic rings. The van der Waals surface area contributed by atoms with Crippen molar-refractivity contribution in [3.05, 3.63) is 11.6 Å². The molecule has 2 fully saturated rings. The van der Waals surface area contributed by atoms with E-state index in [9.17, 15) is 0 Å². The van der Waals surface area contributed by atoms with E-state index >= 15 is 0 Å². The molecule has 0 heterocycles. The van der Waals surface area contributed by atoms with Crippen LogP contribution in [-0.4, -0.2) is 0 Å². The van der Waals surface area contributed by atoms with Crippen molar-refractivity contribution < 1.29 is 0 Å². The van der Waals surface area contributed by atoms with Crippen LogP contribution in [0.3, 0.4) is 0 Å². The maximum Gasteiger partial charge on any atom is -0.0136 e. The molecule has 0 bridgehead atoms. The van der Waals surface area contributed by atoms with Crippen LogP contribution in [0.1, 0.15) is 53.4 Å². The van der Waals surface area contributed by atoms with Gasteiger partial charge in [-0.05, 0) is 61.2 Å². The quantitative estimate of drug-likeness (QED) is 0.513. The van der Waals surface area contributed by atoms with Crippen LogP contribution in [0.4, 0.5) is 0 Å². The van der Waals surface area contributed by atoms with Crippen molar-refractivity contribution >= 4 is 0 Å². The van der Waals surface area contributed by atoms with Gasteiger partial charge in [0.2, 0.25) is 0 Å². The Morgan fingerprint density at radius 1 is 1.27 bits per heavy atom. The van der Waals surface area contributed by atoms with E-state index < -0.39 is 0 Å². The molecule has 1 spiro atoms. The molecule has 84 valence electrons. The van der Waals surface area contributed by atoms with Crippen molar-refractivity contribution in [1.82, 2.24) is 0 Å². The van der Waals surface area contributed by atoms with Crippen LogP contribution in [0.15, 0.2) is 11.6 Å². The number of allylic oxidation sites excluding steroid dienone is 2. The van der Waals surface area contributed by atoms with Gasteiger partial charge in [-0.1, -0.05) is 32.4 Å². The van der Waals surface area contributed by atoms with Crippen LogP contribution < -0.4 is 0 Å². The SMILES string of the molecule is CC1=CC[C@@]23[C@@H]1CC(C)(C)[C@@H]2CC[C@@H]3C. The molecule has 0 N–H and O–H groups in total. The topological polar surface area (TPSA) is 0 Å². The predicted molar refractivity (Wildman–Crippen MR) is 64.6 cm³/mol. The molecule has 0 aromatic heterocycles. The second-order valence-corrected chi connectivity index (χ2v) is 7.04. The zero-order valence-corrected chi connectivity index (χ0v) is 10.6. The molecule has 15 heavy (non-hydrogen) atoms. The highest BCUT2D eigenvalue weighted by molar-refractivity contribution is 5.27. The molecule has 4 atom stereocenters. The third-order valence-corrected chi connectivity index (χ3v) is 6.10. The zero-order chi connectivity index (χ0) is 10.8. The number of hydrogen-bond acceptors (Lipinski definition) is 0.